The summed E-state index contributed by atoms with van der Waals surface area (Å²) in [5.41, 5.74) is 1.00. The molecule has 1 aliphatic rings. The van der Waals surface area contributed by atoms with Gasteiger partial charge in [-0.2, -0.15) is 0 Å². The molecule has 206 valence electrons. The molecule has 0 spiro atoms. The van der Waals surface area contributed by atoms with Crippen molar-refractivity contribution in [3.63, 3.8) is 0 Å². The number of esters is 1. The number of H-pyrrole nitrogens is 1. The van der Waals surface area contributed by atoms with E-state index in [9.17, 15) is 29.2 Å². The fourth-order valence-electron chi connectivity index (χ4n) is 3.41. The zero-order valence-corrected chi connectivity index (χ0v) is 21.4. The van der Waals surface area contributed by atoms with Gasteiger partial charge < -0.3 is 29.9 Å². The smallest absolute Gasteiger partial charge is 0.395 e. The van der Waals surface area contributed by atoms with Crippen molar-refractivity contribution in [1.29, 1.82) is 0 Å². The number of halogens is 1. The van der Waals surface area contributed by atoms with Crippen molar-refractivity contribution >= 4 is 20.0 Å². The average molecular weight is 556 g/mol. The first-order valence-electron chi connectivity index (χ1n) is 11.2. The van der Waals surface area contributed by atoms with Gasteiger partial charge in [0, 0.05) is 12.3 Å². The number of para-hydroxylation sites is 2. The van der Waals surface area contributed by atoms with Crippen molar-refractivity contribution in [3.05, 3.63) is 57.4 Å². The Balaban J connectivity index is 1.69. The molecule has 16 heteroatoms. The largest absolute Gasteiger partial charge is 0.575 e. The van der Waals surface area contributed by atoms with Crippen LogP contribution in [0, 0.1) is 0 Å². The summed E-state index contributed by atoms with van der Waals surface area (Å²) in [7, 11) is -2.80. The van der Waals surface area contributed by atoms with Crippen molar-refractivity contribution in [2.24, 2.45) is 10.5 Å². The fraction of sp³-hybridized carbons (Fsp3) is 0.455. The highest BCUT2D eigenvalue weighted by atomic mass is 31.1. The topological polar surface area (TPSA) is 208 Å². The van der Waals surface area contributed by atoms with Gasteiger partial charge in [-0.25, -0.2) is 14.0 Å². The quantitative estimate of drug-likeness (QED) is 0.256. The van der Waals surface area contributed by atoms with Crippen LogP contribution in [0.5, 0.6) is 11.5 Å². The summed E-state index contributed by atoms with van der Waals surface area (Å²) < 4.78 is 41.1. The number of rotatable bonds is 10. The molecule has 2 aromatic rings. The maximum absolute atomic E-state index is 15.4. The van der Waals surface area contributed by atoms with Gasteiger partial charge in [-0.05, 0) is 32.9 Å². The number of aromatic amines is 1. The molecule has 0 aliphatic carbocycles. The minimum atomic E-state index is -2.80. The van der Waals surface area contributed by atoms with Crippen molar-refractivity contribution in [2.45, 2.75) is 57.0 Å². The van der Waals surface area contributed by atoms with E-state index in [4.69, 9.17) is 24.5 Å². The molecule has 4 N–H and O–H groups in total. The van der Waals surface area contributed by atoms with Crippen LogP contribution in [0.4, 0.5) is 4.39 Å². The van der Waals surface area contributed by atoms with Gasteiger partial charge in [0.15, 0.2) is 29.8 Å². The Morgan fingerprint density at radius 2 is 1.97 bits per heavy atom. The Labute approximate surface area is 215 Å². The van der Waals surface area contributed by atoms with Crippen LogP contribution < -0.4 is 31.1 Å². The number of carbonyl (C=O) groups excluding carboxylic acids is 2. The minimum absolute atomic E-state index is 0.0321. The van der Waals surface area contributed by atoms with Gasteiger partial charge in [0.25, 0.3) is 11.5 Å². The molecule has 38 heavy (non-hydrogen) atoms. The molecule has 1 saturated heterocycles. The molecule has 1 amide bonds. The van der Waals surface area contributed by atoms with Crippen LogP contribution >= 0.6 is 8.17 Å². The van der Waals surface area contributed by atoms with E-state index in [1.807, 2.05) is 4.98 Å². The third-order valence-electron chi connectivity index (χ3n) is 5.55. The lowest BCUT2D eigenvalue weighted by atomic mass is 9.98. The second kappa shape index (κ2) is 11.8. The lowest BCUT2D eigenvalue weighted by Crippen LogP contribution is -2.43. The zero-order valence-electron chi connectivity index (χ0n) is 20.5. The van der Waals surface area contributed by atoms with E-state index in [1.54, 1.807) is 6.07 Å². The van der Waals surface area contributed by atoms with Gasteiger partial charge in [0.1, 0.15) is 18.8 Å². The molecule has 0 saturated carbocycles. The minimum Gasteiger partial charge on any atom is -0.575 e. The van der Waals surface area contributed by atoms with Crippen molar-refractivity contribution in [3.8, 4) is 11.5 Å². The SMILES string of the molecule is C[C@H](N=[P+]([O-])Oc1ccccc1OC[C@H]1O[C@@H](n2ccc(=O)[nH]c2=O)[C@](C)(F)[C@@H]1O)C(=O)O[C@@H](C)C(N)=O. The van der Waals surface area contributed by atoms with E-state index < -0.39 is 74.2 Å². The highest BCUT2D eigenvalue weighted by molar-refractivity contribution is 7.34. The number of aliphatic hydroxyl groups excluding tert-OH is 1. The number of benzene rings is 1. The number of hydrogen-bond acceptors (Lipinski definition) is 11. The van der Waals surface area contributed by atoms with E-state index in [0.717, 1.165) is 23.8 Å². The standard InChI is InChI=1S/C22H26FN4O10P/c1-11(19(31)35-12(2)18(24)30)26-38(33)37-14-7-5-4-6-13(14)34-10-15-17(29)22(3,23)20(36-15)27-9-8-16(28)25-21(27)32/h4-9,11-12,15,17,20,29H,10H2,1-3H3,(H2,24,30)(H,25,28,32)/t11-,12-,15+,17+,20+,22+/m0/s1. The molecule has 1 fully saturated rings. The lowest BCUT2D eigenvalue weighted by Gasteiger charge is -2.24. The predicted octanol–water partition coefficient (Wildman–Crippen LogP) is -0.358. The summed E-state index contributed by atoms with van der Waals surface area (Å²) >= 11 is 0. The molecule has 0 bridgehead atoms. The van der Waals surface area contributed by atoms with Gasteiger partial charge in [-0.3, -0.25) is 23.7 Å². The fourth-order valence-corrected chi connectivity index (χ4v) is 4.15. The molecule has 1 unspecified atom stereocenters. The molecule has 0 radical (unpaired) electrons. The number of primary amides is 1. The third-order valence-corrected chi connectivity index (χ3v) is 6.44. The molecule has 14 nitrogen and oxygen atoms in total. The maximum atomic E-state index is 15.4. The Bertz CT molecular complexity index is 1330. The van der Waals surface area contributed by atoms with E-state index in [0.29, 0.717) is 0 Å². The van der Waals surface area contributed by atoms with Crippen LogP contribution in [0.15, 0.2) is 50.9 Å². The normalized spacial score (nSPS) is 24.9. The second-order valence-electron chi connectivity index (χ2n) is 8.50. The Morgan fingerprint density at radius 1 is 1.32 bits per heavy atom. The molecule has 3 rings (SSSR count). The van der Waals surface area contributed by atoms with Gasteiger partial charge in [-0.1, -0.05) is 16.9 Å². The van der Waals surface area contributed by atoms with Crippen LogP contribution in [0.1, 0.15) is 27.0 Å². The summed E-state index contributed by atoms with van der Waals surface area (Å²) in [6.45, 7) is 3.19. The van der Waals surface area contributed by atoms with Crippen molar-refractivity contribution in [2.75, 3.05) is 6.61 Å². The average Bonchev–Trinajstić information content (AvgIpc) is 3.06. The summed E-state index contributed by atoms with van der Waals surface area (Å²) in [5.74, 6) is -1.82. The number of alkyl halides is 1. The molecular formula is C22H26FN4O10P. The monoisotopic (exact) mass is 556 g/mol. The van der Waals surface area contributed by atoms with Gasteiger partial charge in [0.05, 0.1) is 0 Å². The summed E-state index contributed by atoms with van der Waals surface area (Å²) in [5, 5.41) is 10.5. The summed E-state index contributed by atoms with van der Waals surface area (Å²) in [6, 6.07) is 5.69. The van der Waals surface area contributed by atoms with Crippen molar-refractivity contribution < 1.29 is 42.7 Å². The summed E-state index contributed by atoms with van der Waals surface area (Å²) in [6.07, 6.45) is -4.68. The van der Waals surface area contributed by atoms with Crippen LogP contribution in [0.25, 0.3) is 0 Å². The first-order valence-corrected chi connectivity index (χ1v) is 12.4. The predicted molar refractivity (Wildman–Crippen MR) is 127 cm³/mol. The molecule has 2 heterocycles. The Morgan fingerprint density at radius 3 is 2.61 bits per heavy atom. The van der Waals surface area contributed by atoms with Crippen LogP contribution in [-0.4, -0.2) is 63.2 Å². The Hall–Kier alpha value is -3.65. The zero-order chi connectivity index (χ0) is 28.2. The molecule has 1 aliphatic heterocycles. The first-order chi connectivity index (χ1) is 17.8. The number of ether oxygens (including phenoxy) is 3. The van der Waals surface area contributed by atoms with Gasteiger partial charge in [-0.15, -0.1) is 0 Å². The summed E-state index contributed by atoms with van der Waals surface area (Å²) in [4.78, 5) is 60.8. The Kier molecular flexibility index (Phi) is 8.99. The highest BCUT2D eigenvalue weighted by Crippen LogP contribution is 2.41. The van der Waals surface area contributed by atoms with E-state index in [-0.39, 0.29) is 11.5 Å². The number of hydrogen-bond donors (Lipinski definition) is 3. The number of nitrogens with zero attached hydrogens (tertiary/aromatic N) is 2. The van der Waals surface area contributed by atoms with Crippen LogP contribution in [0.2, 0.25) is 0 Å². The number of aliphatic hydroxyl groups is 1. The van der Waals surface area contributed by atoms with Gasteiger partial charge in [0.2, 0.25) is 5.75 Å². The number of carbonyl (C=O) groups is 2. The van der Waals surface area contributed by atoms with E-state index >= 15 is 4.39 Å². The van der Waals surface area contributed by atoms with Crippen LogP contribution in [0.3, 0.4) is 0 Å². The van der Waals surface area contributed by atoms with Crippen molar-refractivity contribution in [1.82, 2.24) is 9.55 Å². The number of amides is 1. The molecule has 1 aromatic carbocycles. The molecule has 7 atom stereocenters. The lowest BCUT2D eigenvalue weighted by molar-refractivity contribution is -0.170. The molecular weight excluding hydrogens is 530 g/mol. The van der Waals surface area contributed by atoms with Crippen LogP contribution in [-0.2, 0) is 19.1 Å². The number of aromatic nitrogens is 2. The van der Waals surface area contributed by atoms with E-state index in [1.165, 1.54) is 32.0 Å². The molecule has 1 aromatic heterocycles. The first kappa shape index (κ1) is 28.9. The number of nitrogens with one attached hydrogen (secondary N) is 1. The maximum Gasteiger partial charge on any atom is 0.395 e. The van der Waals surface area contributed by atoms with Gasteiger partial charge >= 0.3 is 19.8 Å². The second-order valence-corrected chi connectivity index (χ2v) is 9.39. The third kappa shape index (κ3) is 6.61. The highest BCUT2D eigenvalue weighted by Gasteiger charge is 2.55. The number of nitrogens with two attached hydrogens (primary N) is 1. The van der Waals surface area contributed by atoms with E-state index in [2.05, 4.69) is 4.74 Å².